The van der Waals surface area contributed by atoms with Crippen molar-refractivity contribution in [3.63, 3.8) is 0 Å². The van der Waals surface area contributed by atoms with E-state index in [0.717, 1.165) is 29.3 Å². The molecule has 2 aromatic rings. The first-order valence-electron chi connectivity index (χ1n) is 10.3. The van der Waals surface area contributed by atoms with Crippen molar-refractivity contribution in [2.45, 2.75) is 46.1 Å². The predicted octanol–water partition coefficient (Wildman–Crippen LogP) is 4.83. The Balaban J connectivity index is 2.79. The molecule has 0 heterocycles. The van der Waals surface area contributed by atoms with Crippen molar-refractivity contribution in [2.24, 2.45) is 16.8 Å². The van der Waals surface area contributed by atoms with E-state index in [0.29, 0.717) is 6.42 Å². The molecule has 0 saturated heterocycles. The fraction of sp³-hybridized carbons (Fsp3) is 0.320. The lowest BCUT2D eigenvalue weighted by atomic mass is 9.73. The van der Waals surface area contributed by atoms with E-state index in [9.17, 15) is 18.4 Å². The number of rotatable bonds is 9. The third-order valence-corrected chi connectivity index (χ3v) is 5.69. The molecule has 7 heteroatoms. The molecule has 0 aliphatic heterocycles. The lowest BCUT2D eigenvalue weighted by molar-refractivity contribution is -0.139. The summed E-state index contributed by atoms with van der Waals surface area (Å²) in [4.78, 5) is 24.8. The van der Waals surface area contributed by atoms with Crippen LogP contribution >= 0.6 is 0 Å². The molecule has 0 aliphatic rings. The molecule has 0 aliphatic carbocycles. The number of amides is 2. The van der Waals surface area contributed by atoms with E-state index in [1.165, 1.54) is 18.9 Å². The number of halogens is 2. The van der Waals surface area contributed by atoms with Crippen LogP contribution in [-0.4, -0.2) is 22.5 Å². The molecule has 0 saturated carbocycles. The van der Waals surface area contributed by atoms with Crippen molar-refractivity contribution in [3.05, 3.63) is 83.4 Å². The number of benzene rings is 2. The number of nitrogens with zero attached hydrogens (tertiary/aromatic N) is 2. The Morgan fingerprint density at radius 2 is 1.88 bits per heavy atom. The highest BCUT2D eigenvalue weighted by Gasteiger charge is 2.44. The lowest BCUT2D eigenvalue weighted by Crippen LogP contribution is -2.50. The maximum atomic E-state index is 14.4. The molecule has 2 atom stereocenters. The molecule has 2 N–H and O–H groups in total. The number of aryl methyl sites for hydroxylation is 1. The number of nitrogens with two attached hydrogens (primary N) is 1. The number of hydrogen-bond donors (Lipinski definition) is 1. The van der Waals surface area contributed by atoms with Crippen LogP contribution in [0.2, 0.25) is 0 Å². The zero-order valence-electron chi connectivity index (χ0n) is 18.9. The fourth-order valence-electron chi connectivity index (χ4n) is 4.08. The van der Waals surface area contributed by atoms with Gasteiger partial charge in [-0.25, -0.2) is 13.8 Å². The number of hydrogen-bond acceptors (Lipinski definition) is 3. The average Bonchev–Trinajstić information content (AvgIpc) is 2.72. The second-order valence-corrected chi connectivity index (χ2v) is 7.99. The van der Waals surface area contributed by atoms with Gasteiger partial charge in [-0.2, -0.15) is 5.10 Å². The summed E-state index contributed by atoms with van der Waals surface area (Å²) >= 11 is 0. The zero-order valence-corrected chi connectivity index (χ0v) is 18.9. The number of carbonyl (C=O) groups is 2. The number of allylic oxidation sites excluding steroid dienone is 1. The van der Waals surface area contributed by atoms with E-state index in [2.05, 4.69) is 11.7 Å². The van der Waals surface area contributed by atoms with Crippen LogP contribution in [0.1, 0.15) is 50.3 Å². The van der Waals surface area contributed by atoms with Crippen LogP contribution in [0, 0.1) is 24.5 Å². The summed E-state index contributed by atoms with van der Waals surface area (Å²) in [6, 6.07) is 10.5. The Kier molecular flexibility index (Phi) is 8.02. The van der Waals surface area contributed by atoms with Gasteiger partial charge in [-0.15, -0.1) is 6.58 Å². The standard InChI is InChI=1S/C25H29F2N3O2/c1-6-9-19(14-24(28)32)25(5,22-11-8-7-10-16(22)2)30(18(4)31)29-17(3)21-15-20(26)12-13-23(21)27/h6-8,10-13,15,19H,1,9,14H2,2-5H3,(H2,28,32)/b29-17+. The third-order valence-electron chi connectivity index (χ3n) is 5.69. The molecule has 0 bridgehead atoms. The Hall–Kier alpha value is -3.35. The number of carbonyl (C=O) groups excluding carboxylic acids is 2. The van der Waals surface area contributed by atoms with Crippen LogP contribution < -0.4 is 5.73 Å². The van der Waals surface area contributed by atoms with Crippen LogP contribution in [0.5, 0.6) is 0 Å². The molecule has 2 rings (SSSR count). The Bertz CT molecular complexity index is 1050. The molecule has 0 spiro atoms. The lowest BCUT2D eigenvalue weighted by Gasteiger charge is -2.44. The first-order valence-corrected chi connectivity index (χ1v) is 10.3. The molecule has 32 heavy (non-hydrogen) atoms. The van der Waals surface area contributed by atoms with Gasteiger partial charge in [0.25, 0.3) is 0 Å². The minimum atomic E-state index is -1.12. The molecule has 0 aromatic heterocycles. The SMILES string of the molecule is C=CCC(CC(N)=O)C(C)(c1ccccc1C)N(/N=C(\C)c1cc(F)ccc1F)C(C)=O. The molecular formula is C25H29F2N3O2. The zero-order chi connectivity index (χ0) is 24.1. The average molecular weight is 442 g/mol. The molecule has 0 radical (unpaired) electrons. The van der Waals surface area contributed by atoms with Crippen molar-refractivity contribution < 1.29 is 18.4 Å². The Morgan fingerprint density at radius 3 is 2.44 bits per heavy atom. The Morgan fingerprint density at radius 1 is 1.22 bits per heavy atom. The van der Waals surface area contributed by atoms with Gasteiger partial charge in [-0.3, -0.25) is 9.59 Å². The highest BCUT2D eigenvalue weighted by atomic mass is 19.1. The smallest absolute Gasteiger partial charge is 0.240 e. The minimum absolute atomic E-state index is 0.0243. The van der Waals surface area contributed by atoms with E-state index >= 15 is 0 Å². The van der Waals surface area contributed by atoms with Crippen LogP contribution in [0.15, 0.2) is 60.2 Å². The summed E-state index contributed by atoms with van der Waals surface area (Å²) in [5.74, 6) is -2.70. The van der Waals surface area contributed by atoms with Gasteiger partial charge in [0.15, 0.2) is 0 Å². The van der Waals surface area contributed by atoms with Gasteiger partial charge in [0.1, 0.15) is 11.6 Å². The van der Waals surface area contributed by atoms with E-state index in [1.54, 1.807) is 13.0 Å². The second-order valence-electron chi connectivity index (χ2n) is 7.99. The van der Waals surface area contributed by atoms with Crippen LogP contribution in [-0.2, 0) is 15.1 Å². The highest BCUT2D eigenvalue weighted by molar-refractivity contribution is 5.99. The molecule has 5 nitrogen and oxygen atoms in total. The maximum Gasteiger partial charge on any atom is 0.240 e. The molecule has 0 fully saturated rings. The summed E-state index contributed by atoms with van der Waals surface area (Å²) in [5, 5.41) is 5.70. The van der Waals surface area contributed by atoms with Crippen LogP contribution in [0.25, 0.3) is 0 Å². The van der Waals surface area contributed by atoms with Crippen molar-refractivity contribution in [1.82, 2.24) is 5.01 Å². The van der Waals surface area contributed by atoms with Crippen molar-refractivity contribution in [2.75, 3.05) is 0 Å². The van der Waals surface area contributed by atoms with E-state index in [4.69, 9.17) is 5.73 Å². The largest absolute Gasteiger partial charge is 0.370 e. The maximum absolute atomic E-state index is 14.4. The monoisotopic (exact) mass is 441 g/mol. The highest BCUT2D eigenvalue weighted by Crippen LogP contribution is 2.42. The quantitative estimate of drug-likeness (QED) is 0.344. The fourth-order valence-corrected chi connectivity index (χ4v) is 4.08. The summed E-state index contributed by atoms with van der Waals surface area (Å²) in [5.41, 5.74) is 6.12. The van der Waals surface area contributed by atoms with Crippen molar-refractivity contribution in [1.29, 1.82) is 0 Å². The van der Waals surface area contributed by atoms with Gasteiger partial charge in [-0.1, -0.05) is 30.3 Å². The van der Waals surface area contributed by atoms with Crippen molar-refractivity contribution >= 4 is 17.5 Å². The van der Waals surface area contributed by atoms with E-state index < -0.39 is 34.9 Å². The molecule has 170 valence electrons. The Labute approximate surface area is 187 Å². The second kappa shape index (κ2) is 10.3. The summed E-state index contributed by atoms with van der Waals surface area (Å²) in [6.45, 7) is 10.3. The predicted molar refractivity (Wildman–Crippen MR) is 122 cm³/mol. The van der Waals surface area contributed by atoms with Crippen molar-refractivity contribution in [3.8, 4) is 0 Å². The first-order chi connectivity index (χ1) is 15.0. The van der Waals surface area contributed by atoms with Gasteiger partial charge in [0, 0.05) is 24.8 Å². The molecule has 2 amide bonds. The summed E-state index contributed by atoms with van der Waals surface area (Å²) < 4.78 is 28.1. The van der Waals surface area contributed by atoms with Gasteiger partial charge in [0.05, 0.1) is 11.3 Å². The number of hydrazone groups is 1. The molecule has 2 aromatic carbocycles. The van der Waals surface area contributed by atoms with Gasteiger partial charge >= 0.3 is 0 Å². The normalized spacial score (nSPS) is 14.4. The van der Waals surface area contributed by atoms with Gasteiger partial charge in [-0.05, 0) is 56.5 Å². The molecular weight excluding hydrogens is 412 g/mol. The van der Waals surface area contributed by atoms with Gasteiger partial charge in [0.2, 0.25) is 11.8 Å². The van der Waals surface area contributed by atoms with Crippen LogP contribution in [0.4, 0.5) is 8.78 Å². The van der Waals surface area contributed by atoms with E-state index in [-0.39, 0.29) is 17.7 Å². The minimum Gasteiger partial charge on any atom is -0.370 e. The van der Waals surface area contributed by atoms with E-state index in [1.807, 2.05) is 31.2 Å². The van der Waals surface area contributed by atoms with Crippen LogP contribution in [0.3, 0.4) is 0 Å². The topological polar surface area (TPSA) is 75.8 Å². The van der Waals surface area contributed by atoms with Gasteiger partial charge < -0.3 is 5.73 Å². The number of primary amides is 1. The summed E-state index contributed by atoms with van der Waals surface area (Å²) in [7, 11) is 0. The summed E-state index contributed by atoms with van der Waals surface area (Å²) in [6.07, 6.45) is 2.01. The third kappa shape index (κ3) is 5.28. The molecule has 2 unspecified atom stereocenters. The first kappa shape index (κ1) is 24.9.